The minimum absolute atomic E-state index is 0.0387. The summed E-state index contributed by atoms with van der Waals surface area (Å²) in [7, 11) is 0. The molecule has 0 heterocycles. The van der Waals surface area contributed by atoms with Crippen molar-refractivity contribution in [3.8, 4) is 0 Å². The van der Waals surface area contributed by atoms with Crippen LogP contribution in [0.4, 0.5) is 0 Å². The quantitative estimate of drug-likeness (QED) is 0.338. The summed E-state index contributed by atoms with van der Waals surface area (Å²) < 4.78 is 0.986. The lowest BCUT2D eigenvalue weighted by Crippen LogP contribution is -2.53. The lowest BCUT2D eigenvalue weighted by atomic mass is 9.94. The maximum Gasteiger partial charge on any atom is 0.243 e. The van der Waals surface area contributed by atoms with Crippen LogP contribution in [-0.4, -0.2) is 28.8 Å². The molecule has 1 fully saturated rings. The molecule has 1 N–H and O–H groups in total. The maximum atomic E-state index is 13.9. The standard InChI is InChI=1S/C31H35BrN2O2/c1-23-9-8-12-26(19-23)21-30(35)34(22-25-15-17-27(32)18-16-25)29(20-24-10-4-2-5-11-24)31(36)33-28-13-6-3-7-14-28/h2,4-5,8-12,15-19,28-29H,3,6-7,13-14,20-22H2,1H3,(H,33,36)/t29-/m0/s1. The molecule has 0 saturated heterocycles. The smallest absolute Gasteiger partial charge is 0.243 e. The van der Waals surface area contributed by atoms with Gasteiger partial charge in [-0.1, -0.05) is 107 Å². The van der Waals surface area contributed by atoms with Gasteiger partial charge in [-0.3, -0.25) is 9.59 Å². The van der Waals surface area contributed by atoms with Crippen LogP contribution in [0.15, 0.2) is 83.3 Å². The van der Waals surface area contributed by atoms with Gasteiger partial charge in [0.1, 0.15) is 6.04 Å². The van der Waals surface area contributed by atoms with E-state index >= 15 is 0 Å². The number of carbonyl (C=O) groups is 2. The summed E-state index contributed by atoms with van der Waals surface area (Å²) in [5, 5.41) is 3.30. The molecule has 0 aromatic heterocycles. The van der Waals surface area contributed by atoms with Crippen LogP contribution in [0.3, 0.4) is 0 Å². The van der Waals surface area contributed by atoms with Crippen molar-refractivity contribution in [3.05, 3.63) is 106 Å². The zero-order valence-electron chi connectivity index (χ0n) is 21.0. The highest BCUT2D eigenvalue weighted by molar-refractivity contribution is 9.10. The number of rotatable bonds is 9. The highest BCUT2D eigenvalue weighted by atomic mass is 79.9. The minimum Gasteiger partial charge on any atom is -0.352 e. The van der Waals surface area contributed by atoms with Gasteiger partial charge in [0.25, 0.3) is 0 Å². The molecular formula is C31H35BrN2O2. The maximum absolute atomic E-state index is 13.9. The highest BCUT2D eigenvalue weighted by Gasteiger charge is 2.32. The van der Waals surface area contributed by atoms with E-state index in [1.54, 1.807) is 4.90 Å². The zero-order chi connectivity index (χ0) is 25.3. The normalized spacial score (nSPS) is 14.7. The highest BCUT2D eigenvalue weighted by Crippen LogP contribution is 2.21. The van der Waals surface area contributed by atoms with Crippen LogP contribution in [0.5, 0.6) is 0 Å². The van der Waals surface area contributed by atoms with Crippen LogP contribution in [0.2, 0.25) is 0 Å². The molecule has 0 aliphatic heterocycles. The molecule has 1 aliphatic carbocycles. The number of amides is 2. The average molecular weight is 548 g/mol. The predicted molar refractivity (Wildman–Crippen MR) is 149 cm³/mol. The number of hydrogen-bond acceptors (Lipinski definition) is 2. The van der Waals surface area contributed by atoms with Crippen molar-refractivity contribution in [1.82, 2.24) is 10.2 Å². The van der Waals surface area contributed by atoms with Crippen LogP contribution >= 0.6 is 15.9 Å². The average Bonchev–Trinajstić information content (AvgIpc) is 2.88. The molecule has 1 saturated carbocycles. The van der Waals surface area contributed by atoms with E-state index in [9.17, 15) is 9.59 Å². The van der Waals surface area contributed by atoms with E-state index in [0.29, 0.717) is 13.0 Å². The first-order chi connectivity index (χ1) is 17.5. The molecule has 36 heavy (non-hydrogen) atoms. The Morgan fingerprint density at radius 2 is 1.58 bits per heavy atom. The summed E-state index contributed by atoms with van der Waals surface area (Å²) in [5.41, 5.74) is 4.13. The summed E-state index contributed by atoms with van der Waals surface area (Å²) in [6.45, 7) is 2.41. The summed E-state index contributed by atoms with van der Waals surface area (Å²) in [5.74, 6) is -0.0938. The third-order valence-corrected chi connectivity index (χ3v) is 7.46. The van der Waals surface area contributed by atoms with Gasteiger partial charge in [-0.05, 0) is 48.6 Å². The van der Waals surface area contributed by atoms with E-state index in [1.807, 2.05) is 85.8 Å². The van der Waals surface area contributed by atoms with E-state index in [4.69, 9.17) is 0 Å². The second-order valence-electron chi connectivity index (χ2n) is 9.86. The van der Waals surface area contributed by atoms with Crippen molar-refractivity contribution >= 4 is 27.7 Å². The first-order valence-corrected chi connectivity index (χ1v) is 13.7. The first-order valence-electron chi connectivity index (χ1n) is 12.9. The largest absolute Gasteiger partial charge is 0.352 e. The molecule has 0 radical (unpaired) electrons. The second kappa shape index (κ2) is 12.9. The summed E-state index contributed by atoms with van der Waals surface area (Å²) in [4.78, 5) is 29.4. The third kappa shape index (κ3) is 7.54. The van der Waals surface area contributed by atoms with Crippen LogP contribution in [0.1, 0.15) is 54.4 Å². The van der Waals surface area contributed by atoms with Crippen LogP contribution in [-0.2, 0) is 29.0 Å². The SMILES string of the molecule is Cc1cccc(CC(=O)N(Cc2ccc(Br)cc2)[C@@H](Cc2ccccc2)C(=O)NC2CCCCC2)c1. The van der Waals surface area contributed by atoms with Crippen molar-refractivity contribution in [2.24, 2.45) is 0 Å². The van der Waals surface area contributed by atoms with E-state index in [2.05, 4.69) is 21.2 Å². The Balaban J connectivity index is 1.65. The van der Waals surface area contributed by atoms with Crippen LogP contribution in [0.25, 0.3) is 0 Å². The summed E-state index contributed by atoms with van der Waals surface area (Å²) >= 11 is 3.50. The Kier molecular flexibility index (Phi) is 9.35. The number of halogens is 1. The number of hydrogen-bond donors (Lipinski definition) is 1. The van der Waals surface area contributed by atoms with E-state index in [-0.39, 0.29) is 24.3 Å². The van der Waals surface area contributed by atoms with Crippen molar-refractivity contribution in [2.45, 2.75) is 70.5 Å². The molecule has 3 aromatic carbocycles. The zero-order valence-corrected chi connectivity index (χ0v) is 22.5. The Morgan fingerprint density at radius 1 is 0.889 bits per heavy atom. The number of carbonyl (C=O) groups excluding carboxylic acids is 2. The fourth-order valence-electron chi connectivity index (χ4n) is 4.98. The number of nitrogens with zero attached hydrogens (tertiary/aromatic N) is 1. The van der Waals surface area contributed by atoms with Crippen molar-refractivity contribution in [1.29, 1.82) is 0 Å². The molecule has 4 nitrogen and oxygen atoms in total. The van der Waals surface area contributed by atoms with Gasteiger partial charge in [0, 0.05) is 23.5 Å². The summed E-state index contributed by atoms with van der Waals surface area (Å²) in [6, 6.07) is 25.6. The molecule has 0 spiro atoms. The molecule has 0 unspecified atom stereocenters. The topological polar surface area (TPSA) is 49.4 Å². The van der Waals surface area contributed by atoms with Gasteiger partial charge in [-0.2, -0.15) is 0 Å². The monoisotopic (exact) mass is 546 g/mol. The molecule has 5 heteroatoms. The molecule has 188 valence electrons. The molecule has 1 aliphatic rings. The fourth-order valence-corrected chi connectivity index (χ4v) is 5.25. The van der Waals surface area contributed by atoms with Crippen LogP contribution < -0.4 is 5.32 Å². The Bertz CT molecular complexity index is 1140. The fraction of sp³-hybridized carbons (Fsp3) is 0.355. The molecule has 0 bridgehead atoms. The van der Waals surface area contributed by atoms with Gasteiger partial charge >= 0.3 is 0 Å². The minimum atomic E-state index is -0.588. The van der Waals surface area contributed by atoms with Gasteiger partial charge in [0.2, 0.25) is 11.8 Å². The van der Waals surface area contributed by atoms with Crippen LogP contribution in [0, 0.1) is 6.92 Å². The first kappa shape index (κ1) is 26.2. The third-order valence-electron chi connectivity index (χ3n) is 6.93. The van der Waals surface area contributed by atoms with Gasteiger partial charge in [0.05, 0.1) is 6.42 Å². The number of nitrogens with one attached hydrogen (secondary N) is 1. The summed E-state index contributed by atoms with van der Waals surface area (Å²) in [6.07, 6.45) is 6.27. The Morgan fingerprint density at radius 3 is 2.28 bits per heavy atom. The molecular weight excluding hydrogens is 512 g/mol. The van der Waals surface area contributed by atoms with E-state index in [0.717, 1.165) is 52.4 Å². The van der Waals surface area contributed by atoms with E-state index < -0.39 is 6.04 Å². The molecule has 3 aromatic rings. The molecule has 1 atom stereocenters. The Labute approximate surface area is 223 Å². The van der Waals surface area contributed by atoms with Gasteiger partial charge in [0.15, 0.2) is 0 Å². The lowest BCUT2D eigenvalue weighted by molar-refractivity contribution is -0.141. The Hall–Kier alpha value is -2.92. The number of benzene rings is 3. The predicted octanol–water partition coefficient (Wildman–Crippen LogP) is 6.39. The van der Waals surface area contributed by atoms with Gasteiger partial charge in [-0.25, -0.2) is 0 Å². The molecule has 2 amide bonds. The number of aryl methyl sites for hydroxylation is 1. The van der Waals surface area contributed by atoms with E-state index in [1.165, 1.54) is 6.42 Å². The molecule has 4 rings (SSSR count). The van der Waals surface area contributed by atoms with Crippen molar-refractivity contribution in [2.75, 3.05) is 0 Å². The second-order valence-corrected chi connectivity index (χ2v) is 10.8. The lowest BCUT2D eigenvalue weighted by Gasteiger charge is -2.33. The van der Waals surface area contributed by atoms with Crippen molar-refractivity contribution in [3.63, 3.8) is 0 Å². The van der Waals surface area contributed by atoms with Gasteiger partial charge in [-0.15, -0.1) is 0 Å². The van der Waals surface area contributed by atoms with Crippen molar-refractivity contribution < 1.29 is 9.59 Å². The van der Waals surface area contributed by atoms with Gasteiger partial charge < -0.3 is 10.2 Å².